The number of hydrogen-bond acceptors (Lipinski definition) is 5. The summed E-state index contributed by atoms with van der Waals surface area (Å²) in [7, 11) is -3.88. The highest BCUT2D eigenvalue weighted by Gasteiger charge is 2.31. The van der Waals surface area contributed by atoms with E-state index in [4.69, 9.17) is 27.9 Å². The van der Waals surface area contributed by atoms with Crippen molar-refractivity contribution in [3.63, 3.8) is 0 Å². The van der Waals surface area contributed by atoms with E-state index in [1.165, 1.54) is 25.1 Å². The van der Waals surface area contributed by atoms with E-state index in [2.05, 4.69) is 5.32 Å². The molecule has 1 amide bonds. The van der Waals surface area contributed by atoms with E-state index < -0.39 is 27.9 Å². The standard InChI is InChI=1S/C20H22Cl2N2O5S/c1-5-29-20(26)15-7-6-8-17(12(15)2)23-19(25)13(3)24(30(4,27)28)18-11-14(21)9-10-16(18)22/h6-11,13H,5H2,1-4H3,(H,23,25)/t13-/m1/s1. The molecule has 0 radical (unpaired) electrons. The maximum atomic E-state index is 12.9. The minimum Gasteiger partial charge on any atom is -0.462 e. The summed E-state index contributed by atoms with van der Waals surface area (Å²) >= 11 is 12.2. The zero-order chi connectivity index (χ0) is 22.6. The number of nitrogens with one attached hydrogen (secondary N) is 1. The lowest BCUT2D eigenvalue weighted by Crippen LogP contribution is -2.45. The third kappa shape index (κ3) is 5.44. The molecule has 0 saturated carbocycles. The molecule has 0 saturated heterocycles. The summed E-state index contributed by atoms with van der Waals surface area (Å²) in [5.41, 5.74) is 1.26. The summed E-state index contributed by atoms with van der Waals surface area (Å²) in [4.78, 5) is 25.0. The van der Waals surface area contributed by atoms with Crippen molar-refractivity contribution in [1.29, 1.82) is 0 Å². The van der Waals surface area contributed by atoms with Gasteiger partial charge in [-0.25, -0.2) is 13.2 Å². The number of sulfonamides is 1. The molecule has 0 aliphatic rings. The molecular weight excluding hydrogens is 451 g/mol. The largest absolute Gasteiger partial charge is 0.462 e. The zero-order valence-electron chi connectivity index (χ0n) is 16.9. The van der Waals surface area contributed by atoms with Gasteiger partial charge in [0.05, 0.1) is 29.1 Å². The fraction of sp³-hybridized carbons (Fsp3) is 0.300. The maximum Gasteiger partial charge on any atom is 0.338 e. The molecule has 2 aromatic rings. The van der Waals surface area contributed by atoms with Gasteiger partial charge >= 0.3 is 5.97 Å². The zero-order valence-corrected chi connectivity index (χ0v) is 19.2. The van der Waals surface area contributed by atoms with Crippen LogP contribution in [0.25, 0.3) is 0 Å². The summed E-state index contributed by atoms with van der Waals surface area (Å²) in [5.74, 6) is -1.12. The van der Waals surface area contributed by atoms with Gasteiger partial charge in [0.1, 0.15) is 6.04 Å². The first kappa shape index (κ1) is 24.0. The van der Waals surface area contributed by atoms with Gasteiger partial charge in [0, 0.05) is 10.7 Å². The van der Waals surface area contributed by atoms with Crippen LogP contribution in [-0.2, 0) is 19.6 Å². The fourth-order valence-corrected chi connectivity index (χ4v) is 4.48. The second-order valence-corrected chi connectivity index (χ2v) is 9.22. The van der Waals surface area contributed by atoms with Crippen molar-refractivity contribution in [1.82, 2.24) is 0 Å². The monoisotopic (exact) mass is 472 g/mol. The molecule has 2 aromatic carbocycles. The number of benzene rings is 2. The predicted octanol–water partition coefficient (Wildman–Crippen LogP) is 4.27. The molecule has 0 unspecified atom stereocenters. The molecule has 162 valence electrons. The SMILES string of the molecule is CCOC(=O)c1cccc(NC(=O)[C@@H](C)N(c2cc(Cl)ccc2Cl)S(C)(=O)=O)c1C. The van der Waals surface area contributed by atoms with Gasteiger partial charge in [-0.15, -0.1) is 0 Å². The first-order chi connectivity index (χ1) is 14.0. The van der Waals surface area contributed by atoms with Crippen LogP contribution in [0.1, 0.15) is 29.8 Å². The van der Waals surface area contributed by atoms with Gasteiger partial charge in [0.25, 0.3) is 0 Å². The van der Waals surface area contributed by atoms with Gasteiger partial charge in [-0.2, -0.15) is 0 Å². The number of anilines is 2. The van der Waals surface area contributed by atoms with Crippen LogP contribution in [0.2, 0.25) is 10.0 Å². The topological polar surface area (TPSA) is 92.8 Å². The van der Waals surface area contributed by atoms with Crippen molar-refractivity contribution >= 4 is 56.5 Å². The predicted molar refractivity (Wildman–Crippen MR) is 119 cm³/mol. The van der Waals surface area contributed by atoms with Crippen LogP contribution in [0.4, 0.5) is 11.4 Å². The van der Waals surface area contributed by atoms with Crippen molar-refractivity contribution in [2.45, 2.75) is 26.8 Å². The van der Waals surface area contributed by atoms with E-state index in [1.807, 2.05) is 0 Å². The molecule has 0 aromatic heterocycles. The molecule has 1 atom stereocenters. The number of ether oxygens (including phenoxy) is 1. The smallest absolute Gasteiger partial charge is 0.338 e. The number of amides is 1. The first-order valence-electron chi connectivity index (χ1n) is 8.99. The molecule has 0 aliphatic heterocycles. The van der Waals surface area contributed by atoms with E-state index in [9.17, 15) is 18.0 Å². The van der Waals surface area contributed by atoms with E-state index in [0.717, 1.165) is 10.6 Å². The van der Waals surface area contributed by atoms with Gasteiger partial charge in [-0.05, 0) is 56.7 Å². The molecule has 7 nitrogen and oxygen atoms in total. The lowest BCUT2D eigenvalue weighted by molar-refractivity contribution is -0.116. The second-order valence-electron chi connectivity index (χ2n) is 6.52. The maximum absolute atomic E-state index is 12.9. The molecule has 1 N–H and O–H groups in total. The van der Waals surface area contributed by atoms with Gasteiger partial charge < -0.3 is 10.1 Å². The Hall–Kier alpha value is -2.29. The van der Waals surface area contributed by atoms with E-state index in [0.29, 0.717) is 16.8 Å². The van der Waals surface area contributed by atoms with Crippen LogP contribution < -0.4 is 9.62 Å². The van der Waals surface area contributed by atoms with Crippen molar-refractivity contribution < 1.29 is 22.7 Å². The Bertz CT molecular complexity index is 1070. The van der Waals surface area contributed by atoms with Gasteiger partial charge in [0.15, 0.2) is 0 Å². The number of rotatable bonds is 7. The van der Waals surface area contributed by atoms with E-state index in [1.54, 1.807) is 32.0 Å². The van der Waals surface area contributed by atoms with E-state index in [-0.39, 0.29) is 22.3 Å². The Morgan fingerprint density at radius 3 is 2.47 bits per heavy atom. The van der Waals surface area contributed by atoms with Crippen molar-refractivity contribution in [2.75, 3.05) is 22.5 Å². The average Bonchev–Trinajstić information content (AvgIpc) is 2.65. The fourth-order valence-electron chi connectivity index (χ4n) is 2.87. The first-order valence-corrected chi connectivity index (χ1v) is 11.6. The van der Waals surface area contributed by atoms with Crippen LogP contribution in [0.15, 0.2) is 36.4 Å². The average molecular weight is 473 g/mol. The molecule has 30 heavy (non-hydrogen) atoms. The molecule has 10 heteroatoms. The summed E-state index contributed by atoms with van der Waals surface area (Å²) < 4.78 is 30.8. The quantitative estimate of drug-likeness (QED) is 0.607. The van der Waals surface area contributed by atoms with E-state index >= 15 is 0 Å². The van der Waals surface area contributed by atoms with Crippen molar-refractivity contribution in [3.05, 3.63) is 57.6 Å². The number of halogens is 2. The molecule has 0 bridgehead atoms. The normalized spacial score (nSPS) is 12.2. The van der Waals surface area contributed by atoms with Crippen LogP contribution >= 0.6 is 23.2 Å². The summed E-state index contributed by atoms with van der Waals surface area (Å²) in [6.07, 6.45) is 0.973. The molecule has 2 rings (SSSR count). The summed E-state index contributed by atoms with van der Waals surface area (Å²) in [6.45, 7) is 5.00. The lowest BCUT2D eigenvalue weighted by atomic mass is 10.1. The highest BCUT2D eigenvalue weighted by Crippen LogP contribution is 2.32. The lowest BCUT2D eigenvalue weighted by Gasteiger charge is -2.29. The third-order valence-corrected chi connectivity index (χ3v) is 6.10. The van der Waals surface area contributed by atoms with Gasteiger partial charge in [-0.1, -0.05) is 29.3 Å². The number of esters is 1. The number of carbonyl (C=O) groups excluding carboxylic acids is 2. The highest BCUT2D eigenvalue weighted by atomic mass is 35.5. The highest BCUT2D eigenvalue weighted by molar-refractivity contribution is 7.92. The Labute approximate surface area is 186 Å². The summed E-state index contributed by atoms with van der Waals surface area (Å²) in [5, 5.41) is 3.08. The molecule has 0 aliphatic carbocycles. The minimum absolute atomic E-state index is 0.0892. The van der Waals surface area contributed by atoms with Crippen molar-refractivity contribution in [2.24, 2.45) is 0 Å². The third-order valence-electron chi connectivity index (χ3n) is 4.32. The molecule has 0 heterocycles. The van der Waals surface area contributed by atoms with Crippen LogP contribution in [0, 0.1) is 6.92 Å². The van der Waals surface area contributed by atoms with Crippen LogP contribution in [-0.4, -0.2) is 39.2 Å². The number of carbonyl (C=O) groups is 2. The summed E-state index contributed by atoms with van der Waals surface area (Å²) in [6, 6.07) is 7.99. The molecule has 0 fully saturated rings. The Morgan fingerprint density at radius 2 is 1.87 bits per heavy atom. The molecular formula is C20H22Cl2N2O5S. The minimum atomic E-state index is -3.88. The number of nitrogens with zero attached hydrogens (tertiary/aromatic N) is 1. The van der Waals surface area contributed by atoms with Gasteiger partial charge in [-0.3, -0.25) is 9.10 Å². The Balaban J connectivity index is 2.39. The Kier molecular flexibility index (Phi) is 7.74. The van der Waals surface area contributed by atoms with Crippen molar-refractivity contribution in [3.8, 4) is 0 Å². The second kappa shape index (κ2) is 9.68. The van der Waals surface area contributed by atoms with Crippen LogP contribution in [0.5, 0.6) is 0 Å². The number of hydrogen-bond donors (Lipinski definition) is 1. The molecule has 0 spiro atoms. The van der Waals surface area contributed by atoms with Crippen LogP contribution in [0.3, 0.4) is 0 Å². The van der Waals surface area contributed by atoms with Gasteiger partial charge in [0.2, 0.25) is 15.9 Å². The Morgan fingerprint density at radius 1 is 1.20 bits per heavy atom.